The third-order valence-electron chi connectivity index (χ3n) is 3.91. The van der Waals surface area contributed by atoms with E-state index in [1.54, 1.807) is 13.2 Å². The predicted octanol–water partition coefficient (Wildman–Crippen LogP) is 3.33. The number of nitrogens with zero attached hydrogens (tertiary/aromatic N) is 2. The minimum absolute atomic E-state index is 0.0758. The van der Waals surface area contributed by atoms with Crippen molar-refractivity contribution in [1.29, 1.82) is 0 Å². The Labute approximate surface area is 147 Å². The maximum atomic E-state index is 11.6. The fourth-order valence-electron chi connectivity index (χ4n) is 2.62. The fourth-order valence-corrected chi connectivity index (χ4v) is 2.62. The summed E-state index contributed by atoms with van der Waals surface area (Å²) in [6.07, 6.45) is 1.76. The van der Waals surface area contributed by atoms with Crippen LogP contribution in [0, 0.1) is 0 Å². The predicted molar refractivity (Wildman–Crippen MR) is 96.9 cm³/mol. The first-order valence-electron chi connectivity index (χ1n) is 8.15. The van der Waals surface area contributed by atoms with Crippen LogP contribution >= 0.6 is 0 Å². The summed E-state index contributed by atoms with van der Waals surface area (Å²) in [6, 6.07) is 17.5. The van der Waals surface area contributed by atoms with E-state index in [2.05, 4.69) is 15.2 Å². The molecule has 1 amide bonds. The zero-order valence-corrected chi connectivity index (χ0v) is 14.4. The van der Waals surface area contributed by atoms with Gasteiger partial charge in [0.15, 0.2) is 5.76 Å². The van der Waals surface area contributed by atoms with Crippen LogP contribution in [-0.2, 0) is 13.1 Å². The van der Waals surface area contributed by atoms with Crippen molar-refractivity contribution in [3.05, 3.63) is 77.8 Å². The number of carbonyl (C=O) groups excluding carboxylic acids is 1. The largest absolute Gasteiger partial charge is 0.439 e. The number of amides is 1. The molecule has 0 saturated heterocycles. The summed E-state index contributed by atoms with van der Waals surface area (Å²) in [7, 11) is 3.64. The van der Waals surface area contributed by atoms with E-state index in [0.29, 0.717) is 18.0 Å². The maximum absolute atomic E-state index is 11.6. The number of oxazole rings is 1. The van der Waals surface area contributed by atoms with Crippen LogP contribution in [-0.4, -0.2) is 29.9 Å². The lowest BCUT2D eigenvalue weighted by Gasteiger charge is -2.14. The van der Waals surface area contributed by atoms with Gasteiger partial charge in [0, 0.05) is 24.7 Å². The smallest absolute Gasteiger partial charge is 0.251 e. The molecular weight excluding hydrogens is 314 g/mol. The minimum atomic E-state index is -0.0758. The Morgan fingerprint density at radius 2 is 1.80 bits per heavy atom. The van der Waals surface area contributed by atoms with E-state index >= 15 is 0 Å². The molecule has 0 unspecified atom stereocenters. The van der Waals surface area contributed by atoms with Gasteiger partial charge in [-0.3, -0.25) is 9.69 Å². The number of hydrogen-bond acceptors (Lipinski definition) is 4. The molecule has 2 aromatic carbocycles. The number of benzene rings is 2. The molecule has 5 nitrogen and oxygen atoms in total. The van der Waals surface area contributed by atoms with Crippen molar-refractivity contribution in [1.82, 2.24) is 15.2 Å². The standard InChI is InChI=1S/C20H21N3O2/c1-21-20(24)17-10-8-15(9-11-17)13-23(2)14-19-22-12-18(25-19)16-6-4-3-5-7-16/h3-12H,13-14H2,1-2H3,(H,21,24). The fraction of sp³-hybridized carbons (Fsp3) is 0.200. The average Bonchev–Trinajstić information content (AvgIpc) is 3.10. The van der Waals surface area contributed by atoms with Crippen molar-refractivity contribution in [2.45, 2.75) is 13.1 Å². The third kappa shape index (κ3) is 4.33. The Morgan fingerprint density at radius 3 is 2.48 bits per heavy atom. The highest BCUT2D eigenvalue weighted by Crippen LogP contribution is 2.20. The number of carbonyl (C=O) groups is 1. The molecule has 0 atom stereocenters. The second-order valence-corrected chi connectivity index (χ2v) is 5.93. The molecule has 0 saturated carbocycles. The molecule has 0 radical (unpaired) electrons. The van der Waals surface area contributed by atoms with Crippen molar-refractivity contribution < 1.29 is 9.21 Å². The minimum Gasteiger partial charge on any atom is -0.439 e. The summed E-state index contributed by atoms with van der Waals surface area (Å²) in [4.78, 5) is 18.0. The van der Waals surface area contributed by atoms with Gasteiger partial charge in [-0.05, 0) is 24.7 Å². The van der Waals surface area contributed by atoms with Gasteiger partial charge in [-0.25, -0.2) is 4.98 Å². The Hall–Kier alpha value is -2.92. The third-order valence-corrected chi connectivity index (χ3v) is 3.91. The van der Waals surface area contributed by atoms with Crippen LogP contribution in [0.4, 0.5) is 0 Å². The SMILES string of the molecule is CNC(=O)c1ccc(CN(C)Cc2ncc(-c3ccccc3)o2)cc1. The van der Waals surface area contributed by atoms with Crippen molar-refractivity contribution in [3.63, 3.8) is 0 Å². The summed E-state index contributed by atoms with van der Waals surface area (Å²) in [5.41, 5.74) is 2.81. The Bertz CT molecular complexity index is 826. The summed E-state index contributed by atoms with van der Waals surface area (Å²) in [6.45, 7) is 1.36. The number of nitrogens with one attached hydrogen (secondary N) is 1. The second kappa shape index (κ2) is 7.77. The Balaban J connectivity index is 1.60. The van der Waals surface area contributed by atoms with Crippen LogP contribution in [0.2, 0.25) is 0 Å². The summed E-state index contributed by atoms with van der Waals surface area (Å²) >= 11 is 0. The molecule has 5 heteroatoms. The molecule has 0 spiro atoms. The van der Waals surface area contributed by atoms with E-state index in [-0.39, 0.29) is 5.91 Å². The van der Waals surface area contributed by atoms with Gasteiger partial charge in [-0.15, -0.1) is 0 Å². The summed E-state index contributed by atoms with van der Waals surface area (Å²) in [5, 5.41) is 2.62. The van der Waals surface area contributed by atoms with Gasteiger partial charge < -0.3 is 9.73 Å². The van der Waals surface area contributed by atoms with Gasteiger partial charge >= 0.3 is 0 Å². The Morgan fingerprint density at radius 1 is 1.08 bits per heavy atom. The highest BCUT2D eigenvalue weighted by atomic mass is 16.4. The lowest BCUT2D eigenvalue weighted by Crippen LogP contribution is -2.19. The first-order valence-corrected chi connectivity index (χ1v) is 8.15. The molecule has 3 rings (SSSR count). The molecule has 1 N–H and O–H groups in total. The monoisotopic (exact) mass is 335 g/mol. The van der Waals surface area contributed by atoms with Crippen LogP contribution in [0.25, 0.3) is 11.3 Å². The maximum Gasteiger partial charge on any atom is 0.251 e. The van der Waals surface area contributed by atoms with Gasteiger partial charge in [-0.1, -0.05) is 42.5 Å². The van der Waals surface area contributed by atoms with E-state index in [9.17, 15) is 4.79 Å². The molecule has 0 aliphatic carbocycles. The second-order valence-electron chi connectivity index (χ2n) is 5.93. The van der Waals surface area contributed by atoms with Crippen molar-refractivity contribution >= 4 is 5.91 Å². The molecule has 128 valence electrons. The van der Waals surface area contributed by atoms with Crippen molar-refractivity contribution in [3.8, 4) is 11.3 Å². The van der Waals surface area contributed by atoms with Crippen LogP contribution in [0.1, 0.15) is 21.8 Å². The summed E-state index contributed by atoms with van der Waals surface area (Å²) in [5.74, 6) is 1.38. The molecule has 0 fully saturated rings. The molecule has 0 bridgehead atoms. The first-order chi connectivity index (χ1) is 12.2. The molecule has 0 aliphatic rings. The van der Waals surface area contributed by atoms with Crippen LogP contribution < -0.4 is 5.32 Å². The van der Waals surface area contributed by atoms with Crippen LogP contribution in [0.3, 0.4) is 0 Å². The topological polar surface area (TPSA) is 58.4 Å². The van der Waals surface area contributed by atoms with E-state index in [0.717, 1.165) is 23.4 Å². The zero-order chi connectivity index (χ0) is 17.6. The van der Waals surface area contributed by atoms with Gasteiger partial charge in [0.2, 0.25) is 5.89 Å². The van der Waals surface area contributed by atoms with E-state index in [1.165, 1.54) is 0 Å². The number of hydrogen-bond donors (Lipinski definition) is 1. The molecule has 1 aromatic heterocycles. The highest BCUT2D eigenvalue weighted by Gasteiger charge is 2.10. The van der Waals surface area contributed by atoms with E-state index in [1.807, 2.05) is 61.6 Å². The number of rotatable bonds is 6. The molecule has 25 heavy (non-hydrogen) atoms. The number of aromatic nitrogens is 1. The molecule has 3 aromatic rings. The van der Waals surface area contributed by atoms with Gasteiger partial charge in [0.25, 0.3) is 5.91 Å². The zero-order valence-electron chi connectivity index (χ0n) is 14.4. The summed E-state index contributed by atoms with van der Waals surface area (Å²) < 4.78 is 5.84. The van der Waals surface area contributed by atoms with Crippen LogP contribution in [0.5, 0.6) is 0 Å². The molecule has 0 aliphatic heterocycles. The highest BCUT2D eigenvalue weighted by molar-refractivity contribution is 5.93. The molecule has 1 heterocycles. The Kier molecular flexibility index (Phi) is 5.26. The molecular formula is C20H21N3O2. The lowest BCUT2D eigenvalue weighted by atomic mass is 10.1. The quantitative estimate of drug-likeness (QED) is 0.751. The lowest BCUT2D eigenvalue weighted by molar-refractivity contribution is 0.0963. The van der Waals surface area contributed by atoms with E-state index < -0.39 is 0 Å². The van der Waals surface area contributed by atoms with Gasteiger partial charge in [0.1, 0.15) is 0 Å². The van der Waals surface area contributed by atoms with Crippen molar-refractivity contribution in [2.75, 3.05) is 14.1 Å². The van der Waals surface area contributed by atoms with E-state index in [4.69, 9.17) is 4.42 Å². The van der Waals surface area contributed by atoms with Crippen LogP contribution in [0.15, 0.2) is 65.2 Å². The van der Waals surface area contributed by atoms with Gasteiger partial charge in [0.05, 0.1) is 12.7 Å². The van der Waals surface area contributed by atoms with Gasteiger partial charge in [-0.2, -0.15) is 0 Å². The van der Waals surface area contributed by atoms with Crippen molar-refractivity contribution in [2.24, 2.45) is 0 Å². The first kappa shape index (κ1) is 16.9. The normalized spacial score (nSPS) is 10.8. The average molecular weight is 335 g/mol.